The van der Waals surface area contributed by atoms with Gasteiger partial charge < -0.3 is 33.3 Å². The number of nitrogens with zero attached hydrogens (tertiary/aromatic N) is 1. The molecule has 1 aromatic heterocycles. The van der Waals surface area contributed by atoms with E-state index in [1.807, 2.05) is 6.07 Å². The minimum atomic E-state index is -1.79. The van der Waals surface area contributed by atoms with Crippen LogP contribution in [0.5, 0.6) is 5.75 Å². The quantitative estimate of drug-likeness (QED) is 0.205. The Bertz CT molecular complexity index is 1220. The molecule has 172 valence electrons. The van der Waals surface area contributed by atoms with Crippen molar-refractivity contribution in [3.63, 3.8) is 0 Å². The average Bonchev–Trinajstić information content (AvgIpc) is 3.30. The zero-order valence-electron chi connectivity index (χ0n) is 19.3. The fourth-order valence-corrected chi connectivity index (χ4v) is 9.17. The molecule has 2 nitrogen and oxygen atoms in total. The maximum Gasteiger partial charge on any atom is 0.120 e. The van der Waals surface area contributed by atoms with Crippen molar-refractivity contribution in [1.29, 1.82) is 0 Å². The molecule has 1 heterocycles. The van der Waals surface area contributed by atoms with Gasteiger partial charge in [-0.1, -0.05) is 54.6 Å². The van der Waals surface area contributed by atoms with E-state index in [4.69, 9.17) is 4.74 Å². The van der Waals surface area contributed by atoms with Gasteiger partial charge in [0.15, 0.2) is 0 Å². The van der Waals surface area contributed by atoms with Crippen molar-refractivity contribution in [3.8, 4) is 5.75 Å². The van der Waals surface area contributed by atoms with Crippen LogP contribution >= 0.6 is 7.26 Å². The van der Waals surface area contributed by atoms with Gasteiger partial charge in [0.05, 0.1) is 18.8 Å². The first-order valence-electron chi connectivity index (χ1n) is 11.5. The van der Waals surface area contributed by atoms with E-state index in [1.54, 1.807) is 7.11 Å². The van der Waals surface area contributed by atoms with Gasteiger partial charge in [0.25, 0.3) is 0 Å². The highest BCUT2D eigenvalue weighted by atomic mass is 127. The number of fused-ring (bicyclic) bond motifs is 1. The van der Waals surface area contributed by atoms with E-state index in [2.05, 4.69) is 120 Å². The highest BCUT2D eigenvalue weighted by Crippen LogP contribution is 2.55. The van der Waals surface area contributed by atoms with Gasteiger partial charge >= 0.3 is 0 Å². The summed E-state index contributed by atoms with van der Waals surface area (Å²) in [5.41, 5.74) is 1.23. The molecular formula is C30H29INOP. The molecule has 0 aliphatic rings. The van der Waals surface area contributed by atoms with Gasteiger partial charge in [0.1, 0.15) is 28.9 Å². The van der Waals surface area contributed by atoms with E-state index >= 15 is 0 Å². The Hall–Kier alpha value is -2.62. The third-order valence-electron chi connectivity index (χ3n) is 6.46. The topological polar surface area (TPSA) is 14.2 Å². The molecule has 0 radical (unpaired) electrons. The zero-order chi connectivity index (χ0) is 22.5. The van der Waals surface area contributed by atoms with E-state index in [1.165, 1.54) is 26.8 Å². The van der Waals surface area contributed by atoms with Crippen LogP contribution in [0.4, 0.5) is 0 Å². The van der Waals surface area contributed by atoms with Crippen molar-refractivity contribution < 1.29 is 28.7 Å². The van der Waals surface area contributed by atoms with Crippen LogP contribution in [-0.4, -0.2) is 17.8 Å². The zero-order valence-corrected chi connectivity index (χ0v) is 22.4. The SMILES string of the molecule is COc1ccc2ccn(CCC[P+](c3ccccc3)(c3ccccc3)c3ccccc3)c2c1.[I-]. The molecular weight excluding hydrogens is 548 g/mol. The van der Waals surface area contributed by atoms with Gasteiger partial charge in [-0.25, -0.2) is 0 Å². The molecule has 4 heteroatoms. The van der Waals surface area contributed by atoms with Gasteiger partial charge in [-0.3, -0.25) is 0 Å². The first-order chi connectivity index (χ1) is 16.3. The molecule has 0 aliphatic heterocycles. The molecule has 0 saturated heterocycles. The van der Waals surface area contributed by atoms with E-state index in [9.17, 15) is 0 Å². The van der Waals surface area contributed by atoms with Crippen molar-refractivity contribution in [2.75, 3.05) is 13.3 Å². The van der Waals surface area contributed by atoms with Crippen LogP contribution in [-0.2, 0) is 6.54 Å². The van der Waals surface area contributed by atoms with Crippen molar-refractivity contribution in [3.05, 3.63) is 121 Å². The van der Waals surface area contributed by atoms with Crippen LogP contribution in [0, 0.1) is 0 Å². The summed E-state index contributed by atoms with van der Waals surface area (Å²) < 4.78 is 7.84. The van der Waals surface area contributed by atoms with Gasteiger partial charge in [-0.05, 0) is 60.0 Å². The Morgan fingerprint density at radius 2 is 1.21 bits per heavy atom. The molecule has 0 atom stereocenters. The molecule has 0 saturated carbocycles. The maximum atomic E-state index is 5.47. The molecule has 0 N–H and O–H groups in total. The number of aromatic nitrogens is 1. The van der Waals surface area contributed by atoms with Gasteiger partial charge in [-0.15, -0.1) is 0 Å². The van der Waals surface area contributed by atoms with Crippen molar-refractivity contribution in [2.45, 2.75) is 13.0 Å². The van der Waals surface area contributed by atoms with Gasteiger partial charge in [0.2, 0.25) is 0 Å². The summed E-state index contributed by atoms with van der Waals surface area (Å²) in [5.74, 6) is 0.905. The lowest BCUT2D eigenvalue weighted by atomic mass is 10.2. The average molecular weight is 577 g/mol. The summed E-state index contributed by atoms with van der Waals surface area (Å²) in [5, 5.41) is 5.59. The number of hydrogen-bond acceptors (Lipinski definition) is 1. The predicted octanol–water partition coefficient (Wildman–Crippen LogP) is 3.04. The number of hydrogen-bond donors (Lipinski definition) is 0. The van der Waals surface area contributed by atoms with E-state index < -0.39 is 7.26 Å². The fourth-order valence-electron chi connectivity index (χ4n) is 4.85. The molecule has 0 bridgehead atoms. The molecule has 0 fully saturated rings. The third-order valence-corrected chi connectivity index (χ3v) is 11.0. The number of rotatable bonds is 8. The smallest absolute Gasteiger partial charge is 0.120 e. The summed E-state index contributed by atoms with van der Waals surface area (Å²) in [6, 6.07) is 41.9. The van der Waals surface area contributed by atoms with Crippen LogP contribution in [0.15, 0.2) is 121 Å². The van der Waals surface area contributed by atoms with Crippen LogP contribution in [0.1, 0.15) is 6.42 Å². The number of methoxy groups -OCH3 is 1. The first-order valence-corrected chi connectivity index (χ1v) is 13.5. The molecule has 4 aromatic carbocycles. The van der Waals surface area contributed by atoms with Crippen LogP contribution < -0.4 is 44.6 Å². The lowest BCUT2D eigenvalue weighted by Crippen LogP contribution is -3.00. The van der Waals surface area contributed by atoms with Crippen LogP contribution in [0.2, 0.25) is 0 Å². The number of benzene rings is 4. The standard InChI is InChI=1S/C30H29NOP.HI/c1-32-26-19-18-25-20-22-31(30(25)24-26)21-11-23-33(27-12-5-2-6-13-27,28-14-7-3-8-15-28)29-16-9-4-10-17-29;/h2-10,12-20,22,24H,11,21,23H2,1H3;1H/q+1;/p-1. The molecule has 5 aromatic rings. The van der Waals surface area contributed by atoms with Crippen molar-refractivity contribution in [1.82, 2.24) is 4.57 Å². The van der Waals surface area contributed by atoms with E-state index in [-0.39, 0.29) is 24.0 Å². The second kappa shape index (κ2) is 11.2. The molecule has 34 heavy (non-hydrogen) atoms. The Balaban J connectivity index is 0.00000274. The summed E-state index contributed by atoms with van der Waals surface area (Å²) in [4.78, 5) is 0. The largest absolute Gasteiger partial charge is 1.00 e. The summed E-state index contributed by atoms with van der Waals surface area (Å²) in [7, 11) is -0.0562. The highest BCUT2D eigenvalue weighted by Gasteiger charge is 2.44. The Morgan fingerprint density at radius 1 is 0.676 bits per heavy atom. The fraction of sp³-hybridized carbons (Fsp3) is 0.133. The molecule has 0 amide bonds. The van der Waals surface area contributed by atoms with Crippen molar-refractivity contribution >= 4 is 34.1 Å². The number of aryl methyl sites for hydroxylation is 1. The molecule has 0 aliphatic carbocycles. The highest BCUT2D eigenvalue weighted by molar-refractivity contribution is 7.95. The lowest BCUT2D eigenvalue weighted by Gasteiger charge is -2.28. The summed E-state index contributed by atoms with van der Waals surface area (Å²) in [6.45, 7) is 0.977. The van der Waals surface area contributed by atoms with Crippen LogP contribution in [0.25, 0.3) is 10.9 Å². The molecule has 0 unspecified atom stereocenters. The number of halogens is 1. The number of ether oxygens (including phenoxy) is 1. The Kier molecular flexibility index (Phi) is 8.07. The molecule has 5 rings (SSSR count). The molecule has 0 spiro atoms. The summed E-state index contributed by atoms with van der Waals surface area (Å²) >= 11 is 0. The third kappa shape index (κ3) is 4.78. The van der Waals surface area contributed by atoms with Crippen LogP contribution in [0.3, 0.4) is 0 Å². The van der Waals surface area contributed by atoms with Gasteiger partial charge in [0, 0.05) is 25.2 Å². The first kappa shape index (κ1) is 24.5. The van der Waals surface area contributed by atoms with Gasteiger partial charge in [-0.2, -0.15) is 0 Å². The second-order valence-corrected chi connectivity index (χ2v) is 11.9. The normalized spacial score (nSPS) is 11.2. The summed E-state index contributed by atoms with van der Waals surface area (Å²) in [6.07, 6.45) is 4.42. The lowest BCUT2D eigenvalue weighted by molar-refractivity contribution is -0.00000672. The van der Waals surface area contributed by atoms with E-state index in [0.29, 0.717) is 0 Å². The maximum absolute atomic E-state index is 5.47. The minimum Gasteiger partial charge on any atom is -1.00 e. The monoisotopic (exact) mass is 577 g/mol. The van der Waals surface area contributed by atoms with E-state index in [0.717, 1.165) is 24.9 Å². The Labute approximate surface area is 220 Å². The Morgan fingerprint density at radius 3 is 1.71 bits per heavy atom. The minimum absolute atomic E-state index is 0. The predicted molar refractivity (Wildman–Crippen MR) is 143 cm³/mol. The second-order valence-electron chi connectivity index (χ2n) is 8.33. The van der Waals surface area contributed by atoms with Crippen molar-refractivity contribution in [2.24, 2.45) is 0 Å².